The highest BCUT2D eigenvalue weighted by Gasteiger charge is 2.34. The molecule has 1 aliphatic rings. The molecule has 0 saturated heterocycles. The monoisotopic (exact) mass is 421 g/mol. The van der Waals surface area contributed by atoms with Crippen molar-refractivity contribution < 1.29 is 17.9 Å². The molecule has 1 N–H and O–H groups in total. The van der Waals surface area contributed by atoms with Crippen molar-refractivity contribution in [1.29, 1.82) is 0 Å². The number of benzene rings is 1. The van der Waals surface area contributed by atoms with Gasteiger partial charge in [-0.3, -0.25) is 0 Å². The number of halogens is 3. The lowest BCUT2D eigenvalue weighted by Crippen LogP contribution is -2.21. The number of aromatic nitrogens is 2. The maximum Gasteiger partial charge on any atom is 0.573 e. The van der Waals surface area contributed by atoms with E-state index in [0.29, 0.717) is 29.8 Å². The average Bonchev–Trinajstić information content (AvgIpc) is 3.17. The van der Waals surface area contributed by atoms with Crippen molar-refractivity contribution in [2.45, 2.75) is 85.0 Å². The highest BCUT2D eigenvalue weighted by atomic mass is 19.4. The summed E-state index contributed by atoms with van der Waals surface area (Å²) in [7, 11) is 0. The SMILES string of the molecule is CCc1nc(-c2cc3c(cc2OC(F)(F)F)CCC3)c(CC)nc1NC(CC)CC. The van der Waals surface area contributed by atoms with E-state index in [1.165, 1.54) is 6.07 Å². The molecule has 0 amide bonds. The highest BCUT2D eigenvalue weighted by Crippen LogP contribution is 2.39. The van der Waals surface area contributed by atoms with Crippen LogP contribution in [-0.2, 0) is 25.7 Å². The minimum Gasteiger partial charge on any atom is -0.405 e. The van der Waals surface area contributed by atoms with E-state index in [2.05, 4.69) is 23.9 Å². The van der Waals surface area contributed by atoms with Crippen LogP contribution in [0.15, 0.2) is 12.1 Å². The number of hydrogen-bond acceptors (Lipinski definition) is 4. The molecule has 1 aliphatic carbocycles. The molecular formula is C23H30F3N3O. The Hall–Kier alpha value is -2.31. The molecular weight excluding hydrogens is 391 g/mol. The first kappa shape index (κ1) is 22.4. The molecule has 1 aromatic heterocycles. The molecule has 2 aromatic rings. The van der Waals surface area contributed by atoms with Gasteiger partial charge < -0.3 is 10.1 Å². The third-order valence-corrected chi connectivity index (χ3v) is 5.71. The summed E-state index contributed by atoms with van der Waals surface area (Å²) in [6.45, 7) is 8.15. The van der Waals surface area contributed by atoms with Gasteiger partial charge >= 0.3 is 6.36 Å². The molecule has 1 aromatic carbocycles. The first-order valence-corrected chi connectivity index (χ1v) is 10.9. The minimum atomic E-state index is -4.76. The van der Waals surface area contributed by atoms with E-state index in [-0.39, 0.29) is 11.8 Å². The Morgan fingerprint density at radius 2 is 1.60 bits per heavy atom. The van der Waals surface area contributed by atoms with Crippen molar-refractivity contribution >= 4 is 5.82 Å². The maximum atomic E-state index is 13.1. The molecule has 0 unspecified atom stereocenters. The van der Waals surface area contributed by atoms with Gasteiger partial charge in [-0.15, -0.1) is 13.2 Å². The van der Waals surface area contributed by atoms with E-state index in [1.54, 1.807) is 0 Å². The molecule has 0 saturated carbocycles. The topological polar surface area (TPSA) is 47.0 Å². The van der Waals surface area contributed by atoms with Gasteiger partial charge in [0.05, 0.1) is 17.1 Å². The van der Waals surface area contributed by atoms with Gasteiger partial charge in [-0.25, -0.2) is 9.97 Å². The molecule has 4 nitrogen and oxygen atoms in total. The lowest BCUT2D eigenvalue weighted by atomic mass is 10.0. The number of fused-ring (bicyclic) bond motifs is 1. The van der Waals surface area contributed by atoms with Crippen LogP contribution in [0.1, 0.15) is 69.5 Å². The maximum absolute atomic E-state index is 13.1. The summed E-state index contributed by atoms with van der Waals surface area (Å²) in [5.74, 6) is 0.543. The number of ether oxygens (including phenoxy) is 1. The second kappa shape index (κ2) is 9.23. The predicted octanol–water partition coefficient (Wildman–Crippen LogP) is 6.26. The fourth-order valence-corrected chi connectivity index (χ4v) is 4.01. The lowest BCUT2D eigenvalue weighted by Gasteiger charge is -2.21. The quantitative estimate of drug-likeness (QED) is 0.547. The van der Waals surface area contributed by atoms with Crippen LogP contribution in [0.3, 0.4) is 0 Å². The van der Waals surface area contributed by atoms with Crippen molar-refractivity contribution in [2.24, 2.45) is 0 Å². The molecule has 0 bridgehead atoms. The Kier molecular flexibility index (Phi) is 6.88. The normalized spacial score (nSPS) is 13.6. The van der Waals surface area contributed by atoms with Crippen LogP contribution < -0.4 is 10.1 Å². The van der Waals surface area contributed by atoms with Gasteiger partial charge in [0, 0.05) is 11.6 Å². The number of aryl methyl sites for hydroxylation is 4. The second-order valence-electron chi connectivity index (χ2n) is 7.70. The number of anilines is 1. The second-order valence-corrected chi connectivity index (χ2v) is 7.70. The van der Waals surface area contributed by atoms with Crippen molar-refractivity contribution in [3.8, 4) is 17.0 Å². The number of rotatable bonds is 8. The zero-order chi connectivity index (χ0) is 21.9. The van der Waals surface area contributed by atoms with Gasteiger partial charge in [-0.2, -0.15) is 0 Å². The molecule has 30 heavy (non-hydrogen) atoms. The van der Waals surface area contributed by atoms with Gasteiger partial charge in [-0.1, -0.05) is 27.7 Å². The summed E-state index contributed by atoms with van der Waals surface area (Å²) in [4.78, 5) is 9.59. The van der Waals surface area contributed by atoms with Crippen molar-refractivity contribution in [3.63, 3.8) is 0 Å². The Balaban J connectivity index is 2.14. The van der Waals surface area contributed by atoms with E-state index < -0.39 is 6.36 Å². The van der Waals surface area contributed by atoms with Gasteiger partial charge in [0.1, 0.15) is 11.6 Å². The smallest absolute Gasteiger partial charge is 0.405 e. The first-order valence-electron chi connectivity index (χ1n) is 10.9. The Morgan fingerprint density at radius 1 is 0.967 bits per heavy atom. The van der Waals surface area contributed by atoms with Crippen molar-refractivity contribution in [2.75, 3.05) is 5.32 Å². The summed E-state index contributed by atoms with van der Waals surface area (Å²) < 4.78 is 43.8. The van der Waals surface area contributed by atoms with E-state index in [9.17, 15) is 13.2 Å². The molecule has 0 fully saturated rings. The predicted molar refractivity (Wildman–Crippen MR) is 113 cm³/mol. The molecule has 0 aliphatic heterocycles. The molecule has 1 heterocycles. The fourth-order valence-electron chi connectivity index (χ4n) is 4.01. The third-order valence-electron chi connectivity index (χ3n) is 5.71. The number of nitrogens with one attached hydrogen (secondary N) is 1. The van der Waals surface area contributed by atoms with E-state index in [4.69, 9.17) is 9.97 Å². The van der Waals surface area contributed by atoms with Crippen LogP contribution in [-0.4, -0.2) is 22.4 Å². The van der Waals surface area contributed by atoms with Crippen LogP contribution in [0.2, 0.25) is 0 Å². The Morgan fingerprint density at radius 3 is 2.17 bits per heavy atom. The number of alkyl halides is 3. The Bertz CT molecular complexity index is 892. The van der Waals surface area contributed by atoms with Crippen LogP contribution >= 0.6 is 0 Å². The number of hydrogen-bond donors (Lipinski definition) is 1. The standard InChI is InChI=1S/C23H30F3N3O/c1-5-16(6-2)27-22-19(8-4)28-21(18(7-3)29-22)17-12-14-10-9-11-15(14)13-20(17)30-23(24,25)26/h12-13,16H,5-11H2,1-4H3,(H,27,29). The molecule has 164 valence electrons. The van der Waals surface area contributed by atoms with Gasteiger partial charge in [0.2, 0.25) is 0 Å². The first-order chi connectivity index (χ1) is 14.3. The van der Waals surface area contributed by atoms with Gasteiger partial charge in [0.15, 0.2) is 0 Å². The highest BCUT2D eigenvalue weighted by molar-refractivity contribution is 5.72. The minimum absolute atomic E-state index is 0.185. The molecule has 0 radical (unpaired) electrons. The van der Waals surface area contributed by atoms with E-state index in [0.717, 1.165) is 54.7 Å². The molecule has 0 atom stereocenters. The summed E-state index contributed by atoms with van der Waals surface area (Å²) in [5.41, 5.74) is 4.28. The Labute approximate surface area is 176 Å². The summed E-state index contributed by atoms with van der Waals surface area (Å²) in [6, 6.07) is 3.64. The zero-order valence-corrected chi connectivity index (χ0v) is 18.1. The number of nitrogens with zero attached hydrogens (tertiary/aromatic N) is 2. The zero-order valence-electron chi connectivity index (χ0n) is 18.1. The average molecular weight is 422 g/mol. The fraction of sp³-hybridized carbons (Fsp3) is 0.565. The van der Waals surface area contributed by atoms with Crippen LogP contribution in [0.5, 0.6) is 5.75 Å². The molecule has 7 heteroatoms. The largest absolute Gasteiger partial charge is 0.573 e. The van der Waals surface area contributed by atoms with Crippen molar-refractivity contribution in [3.05, 3.63) is 34.6 Å². The molecule has 3 rings (SSSR count). The van der Waals surface area contributed by atoms with Gasteiger partial charge in [-0.05, 0) is 68.2 Å². The summed E-state index contributed by atoms with van der Waals surface area (Å²) in [6.07, 6.45) is 0.922. The van der Waals surface area contributed by atoms with E-state index in [1.807, 2.05) is 19.9 Å². The van der Waals surface area contributed by atoms with Crippen molar-refractivity contribution in [1.82, 2.24) is 9.97 Å². The van der Waals surface area contributed by atoms with E-state index >= 15 is 0 Å². The van der Waals surface area contributed by atoms with Gasteiger partial charge in [0.25, 0.3) is 0 Å². The third kappa shape index (κ3) is 4.87. The summed E-state index contributed by atoms with van der Waals surface area (Å²) >= 11 is 0. The van der Waals surface area contributed by atoms with Crippen LogP contribution in [0.4, 0.5) is 19.0 Å². The summed E-state index contributed by atoms with van der Waals surface area (Å²) in [5, 5.41) is 3.46. The van der Waals surface area contributed by atoms with Crippen LogP contribution in [0, 0.1) is 0 Å². The molecule has 0 spiro atoms. The van der Waals surface area contributed by atoms with Crippen LogP contribution in [0.25, 0.3) is 11.3 Å². The lowest BCUT2D eigenvalue weighted by molar-refractivity contribution is -0.274.